The van der Waals surface area contributed by atoms with Gasteiger partial charge in [0.25, 0.3) is 0 Å². The largest absolute Gasteiger partial charge is 0.316 e. The highest BCUT2D eigenvalue weighted by atomic mass is 35.5. The number of thioether (sulfide) groups is 1. The van der Waals surface area contributed by atoms with E-state index in [2.05, 4.69) is 18.5 Å². The molecule has 0 aromatic rings. The topological polar surface area (TPSA) is 12.0 Å². The Morgan fingerprint density at radius 1 is 1.38 bits per heavy atom. The van der Waals surface area contributed by atoms with Gasteiger partial charge in [-0.05, 0) is 31.6 Å². The van der Waals surface area contributed by atoms with Crippen LogP contribution in [0, 0.1) is 5.92 Å². The van der Waals surface area contributed by atoms with Gasteiger partial charge in [-0.25, -0.2) is 0 Å². The summed E-state index contributed by atoms with van der Waals surface area (Å²) in [6.07, 6.45) is 5.87. The zero-order valence-corrected chi connectivity index (χ0v) is 10.4. The van der Waals surface area contributed by atoms with Crippen molar-refractivity contribution in [1.82, 2.24) is 5.32 Å². The first-order chi connectivity index (χ1) is 6.35. The lowest BCUT2D eigenvalue weighted by molar-refractivity contribution is 0.437. The molecular formula is C10H22ClNS. The van der Waals surface area contributed by atoms with E-state index in [0.717, 1.165) is 31.3 Å². The average Bonchev–Trinajstić information content (AvgIpc) is 2.13. The van der Waals surface area contributed by atoms with Crippen LogP contribution in [0.1, 0.15) is 26.2 Å². The second-order valence-corrected chi connectivity index (χ2v) is 4.69. The first-order valence-corrected chi connectivity index (χ1v) is 7.03. The maximum Gasteiger partial charge on any atom is 0.0226 e. The predicted octanol–water partition coefficient (Wildman–Crippen LogP) is 2.98. The van der Waals surface area contributed by atoms with Crippen LogP contribution < -0.4 is 5.32 Å². The molecule has 3 heteroatoms. The molecule has 0 aliphatic rings. The van der Waals surface area contributed by atoms with Gasteiger partial charge in [0.15, 0.2) is 0 Å². The van der Waals surface area contributed by atoms with Crippen molar-refractivity contribution in [2.24, 2.45) is 5.92 Å². The third kappa shape index (κ3) is 8.92. The fourth-order valence-corrected chi connectivity index (χ4v) is 2.05. The third-order valence-corrected chi connectivity index (χ3v) is 2.96. The SMILES string of the molecule is CCCC(CCCl)CNCCSC. The van der Waals surface area contributed by atoms with Gasteiger partial charge in [-0.15, -0.1) is 11.6 Å². The molecule has 0 amide bonds. The minimum Gasteiger partial charge on any atom is -0.316 e. The highest BCUT2D eigenvalue weighted by molar-refractivity contribution is 7.98. The van der Waals surface area contributed by atoms with E-state index in [1.807, 2.05) is 11.8 Å². The second kappa shape index (κ2) is 10.7. The average molecular weight is 224 g/mol. The Bertz CT molecular complexity index is 94.9. The lowest BCUT2D eigenvalue weighted by Gasteiger charge is -2.15. The number of hydrogen-bond acceptors (Lipinski definition) is 2. The van der Waals surface area contributed by atoms with E-state index in [0.29, 0.717) is 0 Å². The minimum absolute atomic E-state index is 0.782. The predicted molar refractivity (Wildman–Crippen MR) is 65.0 cm³/mol. The van der Waals surface area contributed by atoms with Crippen LogP contribution >= 0.6 is 23.4 Å². The molecule has 0 spiro atoms. The van der Waals surface area contributed by atoms with E-state index < -0.39 is 0 Å². The van der Waals surface area contributed by atoms with Crippen LogP contribution in [0.2, 0.25) is 0 Å². The van der Waals surface area contributed by atoms with Gasteiger partial charge in [-0.1, -0.05) is 13.3 Å². The molecule has 0 bridgehead atoms. The molecule has 1 N–H and O–H groups in total. The molecule has 0 fully saturated rings. The van der Waals surface area contributed by atoms with Gasteiger partial charge < -0.3 is 5.32 Å². The monoisotopic (exact) mass is 223 g/mol. The standard InChI is InChI=1S/C10H22ClNS/c1-3-4-10(5-6-11)9-12-7-8-13-2/h10,12H,3-9H2,1-2H3. The zero-order chi connectivity index (χ0) is 9.94. The Kier molecular flexibility index (Phi) is 11.2. The van der Waals surface area contributed by atoms with E-state index in [9.17, 15) is 0 Å². The van der Waals surface area contributed by atoms with Crippen LogP contribution in [0.5, 0.6) is 0 Å². The molecule has 1 nitrogen and oxygen atoms in total. The van der Waals surface area contributed by atoms with Crippen LogP contribution in [0.3, 0.4) is 0 Å². The second-order valence-electron chi connectivity index (χ2n) is 3.33. The lowest BCUT2D eigenvalue weighted by Crippen LogP contribution is -2.25. The number of nitrogens with one attached hydrogen (secondary N) is 1. The smallest absolute Gasteiger partial charge is 0.0226 e. The number of halogens is 1. The van der Waals surface area contributed by atoms with Gasteiger partial charge in [0, 0.05) is 18.2 Å². The molecule has 0 aliphatic heterocycles. The third-order valence-electron chi connectivity index (χ3n) is 2.13. The van der Waals surface area contributed by atoms with Crippen molar-refractivity contribution in [3.8, 4) is 0 Å². The molecular weight excluding hydrogens is 202 g/mol. The van der Waals surface area contributed by atoms with Crippen LogP contribution in [0.4, 0.5) is 0 Å². The molecule has 0 aromatic carbocycles. The van der Waals surface area contributed by atoms with Gasteiger partial charge >= 0.3 is 0 Å². The van der Waals surface area contributed by atoms with E-state index in [1.165, 1.54) is 18.6 Å². The summed E-state index contributed by atoms with van der Waals surface area (Å²) in [5.41, 5.74) is 0. The Morgan fingerprint density at radius 2 is 2.15 bits per heavy atom. The van der Waals surface area contributed by atoms with Crippen molar-refractivity contribution in [3.05, 3.63) is 0 Å². The molecule has 0 saturated carbocycles. The first kappa shape index (κ1) is 13.6. The molecule has 0 heterocycles. The van der Waals surface area contributed by atoms with Gasteiger partial charge in [-0.3, -0.25) is 0 Å². The van der Waals surface area contributed by atoms with Crippen LogP contribution in [0.25, 0.3) is 0 Å². The molecule has 80 valence electrons. The summed E-state index contributed by atoms with van der Waals surface area (Å²) in [7, 11) is 0. The Balaban J connectivity index is 3.33. The summed E-state index contributed by atoms with van der Waals surface area (Å²) in [5, 5.41) is 3.48. The van der Waals surface area contributed by atoms with Crippen molar-refractivity contribution in [2.45, 2.75) is 26.2 Å². The summed E-state index contributed by atoms with van der Waals surface area (Å²) in [6, 6.07) is 0. The van der Waals surface area contributed by atoms with Gasteiger partial charge in [0.05, 0.1) is 0 Å². The molecule has 13 heavy (non-hydrogen) atoms. The minimum atomic E-state index is 0.782. The van der Waals surface area contributed by atoms with Crippen molar-refractivity contribution >= 4 is 23.4 Å². The maximum absolute atomic E-state index is 5.74. The Labute approximate surface area is 92.0 Å². The maximum atomic E-state index is 5.74. The quantitative estimate of drug-likeness (QED) is 0.477. The summed E-state index contributed by atoms with van der Waals surface area (Å²) in [6.45, 7) is 4.51. The van der Waals surface area contributed by atoms with Crippen molar-refractivity contribution in [1.29, 1.82) is 0 Å². The fraction of sp³-hybridized carbons (Fsp3) is 1.00. The van der Waals surface area contributed by atoms with Gasteiger partial charge in [0.1, 0.15) is 0 Å². The van der Waals surface area contributed by atoms with Gasteiger partial charge in [-0.2, -0.15) is 11.8 Å². The van der Waals surface area contributed by atoms with Gasteiger partial charge in [0.2, 0.25) is 0 Å². The highest BCUT2D eigenvalue weighted by Crippen LogP contribution is 2.10. The van der Waals surface area contributed by atoms with Crippen LogP contribution in [0.15, 0.2) is 0 Å². The van der Waals surface area contributed by atoms with Crippen molar-refractivity contribution in [2.75, 3.05) is 31.0 Å². The first-order valence-electron chi connectivity index (χ1n) is 5.10. The Hall–Kier alpha value is 0.600. The molecule has 0 aliphatic carbocycles. The number of alkyl halides is 1. The zero-order valence-electron chi connectivity index (χ0n) is 8.81. The molecule has 0 aromatic heterocycles. The molecule has 1 atom stereocenters. The lowest BCUT2D eigenvalue weighted by atomic mass is 10.0. The highest BCUT2D eigenvalue weighted by Gasteiger charge is 2.05. The molecule has 0 radical (unpaired) electrons. The van der Waals surface area contributed by atoms with E-state index in [4.69, 9.17) is 11.6 Å². The van der Waals surface area contributed by atoms with Crippen molar-refractivity contribution in [3.63, 3.8) is 0 Å². The van der Waals surface area contributed by atoms with Crippen LogP contribution in [-0.2, 0) is 0 Å². The van der Waals surface area contributed by atoms with Crippen LogP contribution in [-0.4, -0.2) is 31.0 Å². The molecule has 1 unspecified atom stereocenters. The normalized spacial score (nSPS) is 13.2. The Morgan fingerprint density at radius 3 is 2.69 bits per heavy atom. The molecule has 0 rings (SSSR count). The van der Waals surface area contributed by atoms with E-state index in [-0.39, 0.29) is 0 Å². The fourth-order valence-electron chi connectivity index (χ4n) is 1.39. The summed E-state index contributed by atoms with van der Waals surface area (Å²) in [4.78, 5) is 0. The summed E-state index contributed by atoms with van der Waals surface area (Å²) < 4.78 is 0. The molecule has 0 saturated heterocycles. The van der Waals surface area contributed by atoms with E-state index >= 15 is 0 Å². The number of hydrogen-bond donors (Lipinski definition) is 1. The van der Waals surface area contributed by atoms with Crippen molar-refractivity contribution < 1.29 is 0 Å². The number of rotatable bonds is 9. The summed E-state index contributed by atoms with van der Waals surface area (Å²) in [5.74, 6) is 2.79. The van der Waals surface area contributed by atoms with E-state index in [1.54, 1.807) is 0 Å². The summed E-state index contributed by atoms with van der Waals surface area (Å²) >= 11 is 7.63.